The molecule has 0 saturated carbocycles. The number of amides is 2. The number of aromatic nitrogens is 1. The number of nitrogens with zero attached hydrogens (tertiary/aromatic N) is 2. The van der Waals surface area contributed by atoms with Crippen LogP contribution in [0.4, 0.5) is 0 Å². The van der Waals surface area contributed by atoms with Gasteiger partial charge in [-0.1, -0.05) is 32.6 Å². The summed E-state index contributed by atoms with van der Waals surface area (Å²) in [6.07, 6.45) is 6.11. The summed E-state index contributed by atoms with van der Waals surface area (Å²) in [4.78, 5) is 43.7. The lowest BCUT2D eigenvalue weighted by atomic mass is 10.0. The number of hydrogen-bond acceptors (Lipinski definition) is 7. The van der Waals surface area contributed by atoms with Gasteiger partial charge in [0.25, 0.3) is 5.91 Å². The molecule has 3 N–H and O–H groups in total. The van der Waals surface area contributed by atoms with Gasteiger partial charge < -0.3 is 15.4 Å². The zero-order valence-electron chi connectivity index (χ0n) is 21.8. The van der Waals surface area contributed by atoms with Crippen LogP contribution in [0.5, 0.6) is 0 Å². The number of ether oxygens (including phenoxy) is 1. The van der Waals surface area contributed by atoms with Gasteiger partial charge in [0.05, 0.1) is 5.69 Å². The topological polar surface area (TPSA) is 113 Å². The highest BCUT2D eigenvalue weighted by molar-refractivity contribution is 5.90. The second-order valence-electron chi connectivity index (χ2n) is 10.1. The van der Waals surface area contributed by atoms with Crippen molar-refractivity contribution in [3.05, 3.63) is 60.1 Å². The number of rotatable bonds is 1. The molecule has 1 saturated heterocycles. The van der Waals surface area contributed by atoms with Gasteiger partial charge in [-0.25, -0.2) is 5.43 Å². The number of carbonyl (C=O) groups is 3. The zero-order valence-corrected chi connectivity index (χ0v) is 21.8. The maximum Gasteiger partial charge on any atom is 0.325 e. The minimum absolute atomic E-state index is 0.0585. The molecule has 1 aromatic heterocycles. The molecule has 37 heavy (non-hydrogen) atoms. The fraction of sp³-hybridized carbons (Fsp3) is 0.429. The summed E-state index contributed by atoms with van der Waals surface area (Å²) in [5.41, 5.74) is 5.15. The van der Waals surface area contributed by atoms with E-state index in [1.165, 1.54) is 5.01 Å². The molecule has 196 valence electrons. The molecule has 4 rings (SSSR count). The molecular formula is C28H35N5O4. The van der Waals surface area contributed by atoms with Crippen molar-refractivity contribution in [2.45, 2.75) is 64.8 Å². The van der Waals surface area contributed by atoms with Gasteiger partial charge in [-0.15, -0.1) is 0 Å². The van der Waals surface area contributed by atoms with E-state index in [2.05, 4.69) is 27.6 Å². The molecule has 3 unspecified atom stereocenters. The van der Waals surface area contributed by atoms with Crippen molar-refractivity contribution in [2.75, 3.05) is 6.54 Å². The largest absolute Gasteiger partial charge is 0.457 e. The third kappa shape index (κ3) is 6.17. The summed E-state index contributed by atoms with van der Waals surface area (Å²) < 4.78 is 5.78. The molecule has 2 aliphatic rings. The predicted molar refractivity (Wildman–Crippen MR) is 142 cm³/mol. The van der Waals surface area contributed by atoms with E-state index in [4.69, 9.17) is 4.74 Å². The fourth-order valence-electron chi connectivity index (χ4n) is 4.53. The molecule has 1 aromatic carbocycles. The molecule has 3 heterocycles. The van der Waals surface area contributed by atoms with Crippen LogP contribution in [0.3, 0.4) is 0 Å². The standard InChI is InChI=1S/C28H35N5O4/c1-16(2)25-26(34)31-18(4)27(35)33-12-6-7-24(32-33)28(36)37-19(5)20-9-10-21-15-29-23(14-22(21)13-20)11-8-17(3)30-25/h8-11,13-16,18-19,24-25,30,32H,3,6-7,12H2,1-2,4-5H3,(H,31,34)/b11-8-/t18?,19-,24?,25?/m1/s1. The summed E-state index contributed by atoms with van der Waals surface area (Å²) in [5.74, 6) is -1.10. The van der Waals surface area contributed by atoms with Crippen LogP contribution in [-0.2, 0) is 19.1 Å². The maximum atomic E-state index is 13.1. The average Bonchev–Trinajstić information content (AvgIpc) is 2.88. The average molecular weight is 506 g/mol. The summed E-state index contributed by atoms with van der Waals surface area (Å²) in [7, 11) is 0. The van der Waals surface area contributed by atoms with Crippen LogP contribution in [0.25, 0.3) is 16.8 Å². The van der Waals surface area contributed by atoms with Crippen LogP contribution in [0.15, 0.2) is 48.8 Å². The van der Waals surface area contributed by atoms with Crippen molar-refractivity contribution in [3.63, 3.8) is 0 Å². The minimum atomic E-state index is -0.787. The van der Waals surface area contributed by atoms with E-state index in [1.54, 1.807) is 19.2 Å². The molecule has 2 amide bonds. The van der Waals surface area contributed by atoms with E-state index in [-0.39, 0.29) is 17.7 Å². The Morgan fingerprint density at radius 2 is 1.86 bits per heavy atom. The summed E-state index contributed by atoms with van der Waals surface area (Å²) >= 11 is 0. The first-order valence-electron chi connectivity index (χ1n) is 12.7. The third-order valence-electron chi connectivity index (χ3n) is 6.74. The summed E-state index contributed by atoms with van der Waals surface area (Å²) in [6.45, 7) is 11.8. The lowest BCUT2D eigenvalue weighted by molar-refractivity contribution is -0.157. The van der Waals surface area contributed by atoms with E-state index in [1.807, 2.05) is 51.1 Å². The van der Waals surface area contributed by atoms with Gasteiger partial charge in [0.15, 0.2) is 0 Å². The number of fused-ring (bicyclic) bond motifs is 4. The van der Waals surface area contributed by atoms with Crippen LogP contribution < -0.4 is 16.1 Å². The van der Waals surface area contributed by atoms with Gasteiger partial charge in [0, 0.05) is 23.8 Å². The van der Waals surface area contributed by atoms with Crippen LogP contribution in [0.1, 0.15) is 57.9 Å². The first-order valence-corrected chi connectivity index (χ1v) is 12.7. The van der Waals surface area contributed by atoms with Crippen LogP contribution in [-0.4, -0.2) is 52.4 Å². The van der Waals surface area contributed by atoms with Crippen molar-refractivity contribution in [2.24, 2.45) is 5.92 Å². The van der Waals surface area contributed by atoms with Crippen LogP contribution in [0.2, 0.25) is 0 Å². The SMILES string of the molecule is C=C1/C=C\c2cc3cc(ccc3cn2)[C@@H](C)OC(=O)C2CCCN(N2)C(=O)C(C)NC(=O)C(C(C)C)N1. The third-order valence-corrected chi connectivity index (χ3v) is 6.74. The Labute approximate surface area is 217 Å². The number of hydrazine groups is 1. The monoisotopic (exact) mass is 505 g/mol. The smallest absolute Gasteiger partial charge is 0.325 e. The highest BCUT2D eigenvalue weighted by Gasteiger charge is 2.33. The van der Waals surface area contributed by atoms with Crippen molar-refractivity contribution < 1.29 is 19.1 Å². The first kappa shape index (κ1) is 26.3. The number of pyridine rings is 1. The van der Waals surface area contributed by atoms with E-state index in [9.17, 15) is 14.4 Å². The number of esters is 1. The Kier molecular flexibility index (Phi) is 7.92. The van der Waals surface area contributed by atoms with E-state index >= 15 is 0 Å². The van der Waals surface area contributed by atoms with Gasteiger partial charge in [0.2, 0.25) is 5.91 Å². The molecule has 2 aliphatic heterocycles. The molecule has 9 nitrogen and oxygen atoms in total. The second-order valence-corrected chi connectivity index (χ2v) is 10.1. The van der Waals surface area contributed by atoms with Gasteiger partial charge >= 0.3 is 5.97 Å². The molecule has 4 atom stereocenters. The summed E-state index contributed by atoms with van der Waals surface area (Å²) in [6, 6.07) is 5.79. The summed E-state index contributed by atoms with van der Waals surface area (Å²) in [5, 5.41) is 9.32. The second kappa shape index (κ2) is 11.1. The quantitative estimate of drug-likeness (QED) is 0.511. The predicted octanol–water partition coefficient (Wildman–Crippen LogP) is 2.99. The Morgan fingerprint density at radius 1 is 1.08 bits per heavy atom. The molecule has 1 fully saturated rings. The van der Waals surface area contributed by atoms with E-state index in [0.717, 1.165) is 22.0 Å². The number of benzene rings is 1. The maximum absolute atomic E-state index is 13.1. The van der Waals surface area contributed by atoms with Crippen molar-refractivity contribution in [1.82, 2.24) is 26.1 Å². The number of carbonyl (C=O) groups excluding carboxylic acids is 3. The number of allylic oxidation sites excluding steroid dienone is 1. The van der Waals surface area contributed by atoms with Crippen molar-refractivity contribution in [3.8, 4) is 0 Å². The molecule has 0 radical (unpaired) electrons. The highest BCUT2D eigenvalue weighted by Crippen LogP contribution is 2.24. The van der Waals surface area contributed by atoms with Crippen molar-refractivity contribution in [1.29, 1.82) is 0 Å². The molecular weight excluding hydrogens is 470 g/mol. The molecule has 9 heteroatoms. The van der Waals surface area contributed by atoms with Crippen molar-refractivity contribution >= 4 is 34.6 Å². The lowest BCUT2D eigenvalue weighted by Crippen LogP contribution is -2.60. The Hall–Kier alpha value is -3.72. The van der Waals surface area contributed by atoms with Gasteiger partial charge in [-0.2, -0.15) is 0 Å². The highest BCUT2D eigenvalue weighted by atomic mass is 16.5. The number of cyclic esters (lactones) is 1. The zero-order chi connectivity index (χ0) is 26.7. The van der Waals surface area contributed by atoms with Gasteiger partial charge in [-0.3, -0.25) is 24.4 Å². The Balaban J connectivity index is 1.68. The lowest BCUT2D eigenvalue weighted by Gasteiger charge is -2.35. The number of nitrogens with one attached hydrogen (secondary N) is 3. The molecule has 0 spiro atoms. The fourth-order valence-corrected chi connectivity index (χ4v) is 4.53. The van der Waals surface area contributed by atoms with Crippen LogP contribution in [0, 0.1) is 5.92 Å². The normalized spacial score (nSPS) is 26.7. The molecule has 5 bridgehead atoms. The molecule has 2 aromatic rings. The number of hydrogen-bond donors (Lipinski definition) is 3. The van der Waals surface area contributed by atoms with E-state index < -0.39 is 30.2 Å². The van der Waals surface area contributed by atoms with Gasteiger partial charge in [-0.05, 0) is 67.8 Å². The van der Waals surface area contributed by atoms with Crippen LogP contribution >= 0.6 is 0 Å². The van der Waals surface area contributed by atoms with Gasteiger partial charge in [0.1, 0.15) is 24.2 Å². The first-order chi connectivity index (χ1) is 17.6. The Bertz CT molecular complexity index is 1240. The van der Waals surface area contributed by atoms with E-state index in [0.29, 0.717) is 25.1 Å². The minimum Gasteiger partial charge on any atom is -0.457 e. The Morgan fingerprint density at radius 3 is 2.62 bits per heavy atom. The molecule has 0 aliphatic carbocycles.